The van der Waals surface area contributed by atoms with Crippen molar-refractivity contribution in [2.75, 3.05) is 0 Å². The van der Waals surface area contributed by atoms with Crippen LogP contribution in [-0.4, -0.2) is 29.5 Å². The number of pyridine rings is 2. The molecule has 146 valence electrons. The molecule has 0 fully saturated rings. The van der Waals surface area contributed by atoms with Gasteiger partial charge in [0, 0.05) is 24.0 Å². The van der Waals surface area contributed by atoms with Gasteiger partial charge in [0.05, 0.1) is 11.4 Å². The summed E-state index contributed by atoms with van der Waals surface area (Å²) in [6.07, 6.45) is 12.1. The highest BCUT2D eigenvalue weighted by Crippen LogP contribution is 2.36. The first-order valence-electron chi connectivity index (χ1n) is 7.87. The fourth-order valence-corrected chi connectivity index (χ4v) is 2.69. The number of aromatic nitrogens is 2. The molecule has 4 N–H and O–H groups in total. The van der Waals surface area contributed by atoms with Crippen LogP contribution < -0.4 is 0 Å². The highest BCUT2D eigenvalue weighted by atomic mass is 31.2. The van der Waals surface area contributed by atoms with Gasteiger partial charge in [-0.1, -0.05) is 36.5 Å². The van der Waals surface area contributed by atoms with Gasteiger partial charge in [0.15, 0.2) is 0 Å². The van der Waals surface area contributed by atoms with Crippen LogP contribution in [0.25, 0.3) is 23.5 Å². The molecular formula is C18H18N2O6P2. The Kier molecular flexibility index (Phi) is 7.54. The van der Waals surface area contributed by atoms with E-state index in [9.17, 15) is 9.13 Å². The molecule has 0 atom stereocenters. The highest BCUT2D eigenvalue weighted by Gasteiger charge is 2.05. The fraction of sp³-hybridized carbons (Fsp3) is 0. The van der Waals surface area contributed by atoms with E-state index in [0.717, 1.165) is 22.8 Å². The van der Waals surface area contributed by atoms with Crippen LogP contribution in [0, 0.1) is 0 Å². The molecule has 0 aliphatic rings. The molecular weight excluding hydrogens is 402 g/mol. The first kappa shape index (κ1) is 21.9. The smallest absolute Gasteiger partial charge is 0.321 e. The van der Waals surface area contributed by atoms with E-state index >= 15 is 0 Å². The molecule has 8 nitrogen and oxygen atoms in total. The zero-order chi connectivity index (χ0) is 20.6. The summed E-state index contributed by atoms with van der Waals surface area (Å²) in [6.45, 7) is 0. The second-order valence-electron chi connectivity index (χ2n) is 5.53. The van der Waals surface area contributed by atoms with E-state index in [1.54, 1.807) is 48.8 Å². The summed E-state index contributed by atoms with van der Waals surface area (Å²) in [6, 6.07) is 7.01. The van der Waals surface area contributed by atoms with Crippen molar-refractivity contribution in [3.8, 4) is 11.4 Å². The second kappa shape index (κ2) is 9.66. The van der Waals surface area contributed by atoms with Gasteiger partial charge in [0.25, 0.3) is 0 Å². The summed E-state index contributed by atoms with van der Waals surface area (Å²) >= 11 is 0. The quantitative estimate of drug-likeness (QED) is 0.394. The van der Waals surface area contributed by atoms with Gasteiger partial charge >= 0.3 is 15.2 Å². The van der Waals surface area contributed by atoms with Gasteiger partial charge in [0.2, 0.25) is 0 Å². The van der Waals surface area contributed by atoms with Crippen LogP contribution in [0.15, 0.2) is 72.6 Å². The third-order valence-corrected chi connectivity index (χ3v) is 4.31. The number of rotatable bonds is 7. The van der Waals surface area contributed by atoms with Crippen LogP contribution in [0.4, 0.5) is 0 Å². The van der Waals surface area contributed by atoms with Crippen LogP contribution in [0.3, 0.4) is 0 Å². The van der Waals surface area contributed by atoms with E-state index in [-0.39, 0.29) is 0 Å². The molecule has 0 radical (unpaired) electrons. The van der Waals surface area contributed by atoms with Crippen molar-refractivity contribution < 1.29 is 28.7 Å². The first-order valence-corrected chi connectivity index (χ1v) is 11.2. The van der Waals surface area contributed by atoms with Crippen LogP contribution in [0.5, 0.6) is 0 Å². The maximum Gasteiger partial charge on any atom is 0.349 e. The predicted octanol–water partition coefficient (Wildman–Crippen LogP) is 3.55. The van der Waals surface area contributed by atoms with E-state index in [4.69, 9.17) is 19.6 Å². The summed E-state index contributed by atoms with van der Waals surface area (Å²) in [5, 5.41) is 0. The average molecular weight is 420 g/mol. The van der Waals surface area contributed by atoms with Crippen LogP contribution in [0.2, 0.25) is 0 Å². The lowest BCUT2D eigenvalue weighted by Crippen LogP contribution is -1.88. The van der Waals surface area contributed by atoms with Crippen molar-refractivity contribution in [3.05, 3.63) is 83.7 Å². The Morgan fingerprint density at radius 2 is 1.07 bits per heavy atom. The number of nitrogens with zero attached hydrogens (tertiary/aromatic N) is 2. The molecule has 2 aromatic rings. The van der Waals surface area contributed by atoms with Gasteiger partial charge in [0.1, 0.15) is 0 Å². The van der Waals surface area contributed by atoms with E-state index in [1.165, 1.54) is 24.3 Å². The van der Waals surface area contributed by atoms with Gasteiger partial charge in [-0.05, 0) is 35.4 Å². The first-order chi connectivity index (χ1) is 13.1. The Labute approximate surface area is 161 Å². The summed E-state index contributed by atoms with van der Waals surface area (Å²) in [5.41, 5.74) is 2.74. The van der Waals surface area contributed by atoms with Crippen LogP contribution >= 0.6 is 15.2 Å². The van der Waals surface area contributed by atoms with Crippen molar-refractivity contribution in [1.29, 1.82) is 0 Å². The molecule has 28 heavy (non-hydrogen) atoms. The zero-order valence-electron chi connectivity index (χ0n) is 14.5. The summed E-state index contributed by atoms with van der Waals surface area (Å²) in [4.78, 5) is 43.6. The van der Waals surface area contributed by atoms with Crippen molar-refractivity contribution in [2.24, 2.45) is 0 Å². The Bertz CT molecular complexity index is 950. The molecule has 2 rings (SSSR count). The normalized spacial score (nSPS) is 13.4. The summed E-state index contributed by atoms with van der Waals surface area (Å²) < 4.78 is 21.5. The average Bonchev–Trinajstić information content (AvgIpc) is 2.61. The van der Waals surface area contributed by atoms with Crippen molar-refractivity contribution in [1.82, 2.24) is 9.97 Å². The minimum absolute atomic E-state index is 0.599. The van der Waals surface area contributed by atoms with Gasteiger partial charge in [-0.3, -0.25) is 19.1 Å². The van der Waals surface area contributed by atoms with Crippen molar-refractivity contribution >= 4 is 27.3 Å². The SMILES string of the molecule is O=P(O)(O)C=CC=Cc1ccnc(-c2cc(C=CC=CP(=O)(O)O)ccn2)c1. The number of hydrogen-bond acceptors (Lipinski definition) is 4. The van der Waals surface area contributed by atoms with Crippen molar-refractivity contribution in [3.63, 3.8) is 0 Å². The molecule has 0 unspecified atom stereocenters. The molecule has 0 spiro atoms. The molecule has 2 aromatic heterocycles. The zero-order valence-corrected chi connectivity index (χ0v) is 16.3. The lowest BCUT2D eigenvalue weighted by molar-refractivity contribution is 0.384. The standard InChI is InChI=1S/C18H18N2O6P2/c21-27(22,23)11-3-1-5-15-7-9-19-17(13-15)18-14-16(8-10-20-18)6-2-4-12-28(24,25)26/h1-14H,(H2,21,22,23)(H2,24,25,26). The van der Waals surface area contributed by atoms with E-state index in [0.29, 0.717) is 11.4 Å². The number of hydrogen-bond donors (Lipinski definition) is 4. The summed E-state index contributed by atoms with van der Waals surface area (Å²) in [7, 11) is -8.36. The Morgan fingerprint density at radius 3 is 1.43 bits per heavy atom. The predicted molar refractivity (Wildman–Crippen MR) is 108 cm³/mol. The second-order valence-corrected chi connectivity index (χ2v) is 8.48. The maximum atomic E-state index is 10.8. The minimum Gasteiger partial charge on any atom is -0.321 e. The van der Waals surface area contributed by atoms with E-state index < -0.39 is 15.2 Å². The third-order valence-electron chi connectivity index (χ3n) is 3.19. The van der Waals surface area contributed by atoms with E-state index in [1.807, 2.05) is 0 Å². The highest BCUT2D eigenvalue weighted by molar-refractivity contribution is 7.55. The Morgan fingerprint density at radius 1 is 0.679 bits per heavy atom. The molecule has 0 aliphatic carbocycles. The van der Waals surface area contributed by atoms with Crippen LogP contribution in [0.1, 0.15) is 11.1 Å². The van der Waals surface area contributed by atoms with Gasteiger partial charge in [-0.2, -0.15) is 0 Å². The van der Waals surface area contributed by atoms with Gasteiger partial charge in [-0.15, -0.1) is 0 Å². The minimum atomic E-state index is -4.18. The molecule has 0 aromatic carbocycles. The lowest BCUT2D eigenvalue weighted by Gasteiger charge is -2.02. The maximum absolute atomic E-state index is 10.8. The van der Waals surface area contributed by atoms with Crippen LogP contribution in [-0.2, 0) is 9.13 Å². The monoisotopic (exact) mass is 420 g/mol. The Balaban J connectivity index is 2.18. The molecule has 0 bridgehead atoms. The van der Waals surface area contributed by atoms with Gasteiger partial charge in [-0.25, -0.2) is 0 Å². The molecule has 0 saturated carbocycles. The Hall–Kier alpha value is -2.44. The molecule has 0 amide bonds. The van der Waals surface area contributed by atoms with Gasteiger partial charge < -0.3 is 19.6 Å². The molecule has 0 aliphatic heterocycles. The van der Waals surface area contributed by atoms with Crippen molar-refractivity contribution in [2.45, 2.75) is 0 Å². The number of allylic oxidation sites excluding steroid dienone is 4. The lowest BCUT2D eigenvalue weighted by atomic mass is 10.1. The van der Waals surface area contributed by atoms with E-state index in [2.05, 4.69) is 9.97 Å². The molecule has 2 heterocycles. The largest absolute Gasteiger partial charge is 0.349 e. The molecule has 10 heteroatoms. The summed E-state index contributed by atoms with van der Waals surface area (Å²) in [5.74, 6) is 1.62. The topological polar surface area (TPSA) is 141 Å². The fourth-order valence-electron chi connectivity index (χ4n) is 2.04. The molecule has 0 saturated heterocycles. The third kappa shape index (κ3) is 8.50.